The Labute approximate surface area is 220 Å². The van der Waals surface area contributed by atoms with Crippen molar-refractivity contribution in [2.24, 2.45) is 4.99 Å². The fraction of sp³-hybridized carbons (Fsp3) is 0.207. The SMILES string of the molecule is COc1cccc(/C=C2\SC(=Nc3cc(C)ccc3C)N(c3cc(C)ccc3C)C2=O)c1OCC(=O)O. The largest absolute Gasteiger partial charge is 0.493 e. The van der Waals surface area contributed by atoms with Crippen LogP contribution in [0.5, 0.6) is 11.5 Å². The molecule has 3 aromatic rings. The van der Waals surface area contributed by atoms with Gasteiger partial charge in [-0.2, -0.15) is 0 Å². The van der Waals surface area contributed by atoms with Crippen LogP contribution in [0.15, 0.2) is 64.5 Å². The quantitative estimate of drug-likeness (QED) is 0.376. The zero-order chi connectivity index (χ0) is 26.7. The van der Waals surface area contributed by atoms with E-state index in [0.29, 0.717) is 21.4 Å². The number of thioether (sulfide) groups is 1. The molecule has 0 unspecified atom stereocenters. The highest BCUT2D eigenvalue weighted by atomic mass is 32.2. The first-order valence-electron chi connectivity index (χ1n) is 11.7. The van der Waals surface area contributed by atoms with Crippen LogP contribution in [0.4, 0.5) is 11.4 Å². The minimum absolute atomic E-state index is 0.227. The summed E-state index contributed by atoms with van der Waals surface area (Å²) in [5.41, 5.74) is 6.13. The molecule has 1 amide bonds. The van der Waals surface area contributed by atoms with Gasteiger partial charge in [-0.3, -0.25) is 9.69 Å². The van der Waals surface area contributed by atoms with Gasteiger partial charge < -0.3 is 14.6 Å². The predicted octanol–water partition coefficient (Wildman–Crippen LogP) is 6.20. The summed E-state index contributed by atoms with van der Waals surface area (Å²) in [6.45, 7) is 7.40. The number of carboxylic acid groups (broad SMARTS) is 1. The number of methoxy groups -OCH3 is 1. The van der Waals surface area contributed by atoms with Gasteiger partial charge in [-0.25, -0.2) is 9.79 Å². The van der Waals surface area contributed by atoms with Crippen molar-refractivity contribution in [2.45, 2.75) is 27.7 Å². The van der Waals surface area contributed by atoms with Crippen LogP contribution in [0.2, 0.25) is 0 Å². The Morgan fingerprint density at radius 1 is 1.03 bits per heavy atom. The van der Waals surface area contributed by atoms with Crippen molar-refractivity contribution in [1.82, 2.24) is 0 Å². The summed E-state index contributed by atoms with van der Waals surface area (Å²) in [7, 11) is 1.48. The molecule has 4 rings (SSSR count). The smallest absolute Gasteiger partial charge is 0.341 e. The third-order valence-corrected chi connectivity index (χ3v) is 6.82. The number of anilines is 1. The second-order valence-corrected chi connectivity index (χ2v) is 9.80. The van der Waals surface area contributed by atoms with Crippen LogP contribution in [0, 0.1) is 27.7 Å². The molecule has 3 aromatic carbocycles. The minimum Gasteiger partial charge on any atom is -0.493 e. The lowest BCUT2D eigenvalue weighted by Gasteiger charge is -2.19. The number of benzene rings is 3. The van der Waals surface area contributed by atoms with Gasteiger partial charge in [-0.15, -0.1) is 0 Å². The summed E-state index contributed by atoms with van der Waals surface area (Å²) >= 11 is 1.26. The molecule has 1 fully saturated rings. The number of hydrogen-bond donors (Lipinski definition) is 1. The van der Waals surface area contributed by atoms with Crippen LogP contribution in [-0.4, -0.2) is 35.9 Å². The standard InChI is InChI=1S/C29H28N2O5S/c1-17-9-11-19(3)22(13-17)30-29-31(23-14-18(2)10-12-20(23)4)28(34)25(37-29)15-21-7-6-8-24(35-5)27(21)36-16-26(32)33/h6-15H,16H2,1-5H3,(H,32,33)/b25-15-,30-29?. The third kappa shape index (κ3) is 5.70. The van der Waals surface area contributed by atoms with Gasteiger partial charge in [0.1, 0.15) is 0 Å². The average molecular weight is 517 g/mol. The molecule has 37 heavy (non-hydrogen) atoms. The monoisotopic (exact) mass is 516 g/mol. The van der Waals surface area contributed by atoms with Crippen molar-refractivity contribution in [3.63, 3.8) is 0 Å². The van der Waals surface area contributed by atoms with E-state index in [9.17, 15) is 9.59 Å². The van der Waals surface area contributed by atoms with Gasteiger partial charge >= 0.3 is 5.97 Å². The van der Waals surface area contributed by atoms with E-state index in [0.717, 1.165) is 33.6 Å². The first kappa shape index (κ1) is 26.0. The van der Waals surface area contributed by atoms with Crippen molar-refractivity contribution in [3.05, 3.63) is 87.3 Å². The number of aryl methyl sites for hydroxylation is 4. The number of carboxylic acids is 1. The summed E-state index contributed by atoms with van der Waals surface area (Å²) in [4.78, 5) is 32.0. The van der Waals surface area contributed by atoms with Gasteiger partial charge in [-0.1, -0.05) is 36.4 Å². The number of amidine groups is 1. The second-order valence-electron chi connectivity index (χ2n) is 8.79. The van der Waals surface area contributed by atoms with E-state index in [1.807, 2.05) is 64.1 Å². The van der Waals surface area contributed by atoms with Crippen LogP contribution in [0.1, 0.15) is 27.8 Å². The molecular formula is C29H28N2O5S. The third-order valence-electron chi connectivity index (χ3n) is 5.85. The molecule has 0 aliphatic carbocycles. The van der Waals surface area contributed by atoms with E-state index >= 15 is 0 Å². The fourth-order valence-corrected chi connectivity index (χ4v) is 4.88. The molecule has 0 radical (unpaired) electrons. The van der Waals surface area contributed by atoms with E-state index in [1.54, 1.807) is 29.2 Å². The molecular weight excluding hydrogens is 488 g/mol. The highest BCUT2D eigenvalue weighted by Crippen LogP contribution is 2.41. The Hall–Kier alpha value is -4.04. The number of carbonyl (C=O) groups is 2. The molecule has 1 aliphatic heterocycles. The number of aliphatic imine (C=N–C) groups is 1. The summed E-state index contributed by atoms with van der Waals surface area (Å²) < 4.78 is 10.9. The Balaban J connectivity index is 1.85. The Morgan fingerprint density at radius 2 is 1.73 bits per heavy atom. The molecule has 1 N–H and O–H groups in total. The molecule has 190 valence electrons. The highest BCUT2D eigenvalue weighted by Gasteiger charge is 2.36. The summed E-state index contributed by atoms with van der Waals surface area (Å²) in [5, 5.41) is 9.66. The Kier molecular flexibility index (Phi) is 7.69. The number of nitrogens with zero attached hydrogens (tertiary/aromatic N) is 2. The molecule has 7 nitrogen and oxygen atoms in total. The van der Waals surface area contributed by atoms with E-state index in [1.165, 1.54) is 18.9 Å². The van der Waals surface area contributed by atoms with Crippen LogP contribution in [0.25, 0.3) is 6.08 Å². The van der Waals surface area contributed by atoms with Crippen molar-refractivity contribution >= 4 is 46.3 Å². The number of carbonyl (C=O) groups excluding carboxylic acids is 1. The predicted molar refractivity (Wildman–Crippen MR) is 148 cm³/mol. The number of aliphatic carboxylic acids is 1. The van der Waals surface area contributed by atoms with Crippen molar-refractivity contribution in [3.8, 4) is 11.5 Å². The number of rotatable bonds is 7. The van der Waals surface area contributed by atoms with Crippen LogP contribution < -0.4 is 14.4 Å². The molecule has 0 spiro atoms. The molecule has 0 saturated carbocycles. The molecule has 1 heterocycles. The fourth-order valence-electron chi connectivity index (χ4n) is 3.90. The van der Waals surface area contributed by atoms with Crippen molar-refractivity contribution in [2.75, 3.05) is 18.6 Å². The summed E-state index contributed by atoms with van der Waals surface area (Å²) in [5.74, 6) is -0.706. The van der Waals surface area contributed by atoms with Gasteiger partial charge in [0.25, 0.3) is 5.91 Å². The first-order chi connectivity index (χ1) is 17.7. The minimum atomic E-state index is -1.11. The molecule has 8 heteroatoms. The maximum Gasteiger partial charge on any atom is 0.341 e. The summed E-state index contributed by atoms with van der Waals surface area (Å²) in [6.07, 6.45) is 1.69. The van der Waals surface area contributed by atoms with E-state index in [4.69, 9.17) is 19.6 Å². The van der Waals surface area contributed by atoms with Crippen LogP contribution >= 0.6 is 11.8 Å². The van der Waals surface area contributed by atoms with Crippen molar-refractivity contribution in [1.29, 1.82) is 0 Å². The second kappa shape index (κ2) is 10.9. The van der Waals surface area contributed by atoms with E-state index in [-0.39, 0.29) is 11.7 Å². The van der Waals surface area contributed by atoms with Crippen molar-refractivity contribution < 1.29 is 24.2 Å². The summed E-state index contributed by atoms with van der Waals surface area (Å²) in [6, 6.07) is 17.2. The molecule has 1 aliphatic rings. The van der Waals surface area contributed by atoms with Crippen LogP contribution in [-0.2, 0) is 9.59 Å². The first-order valence-corrected chi connectivity index (χ1v) is 12.5. The van der Waals surface area contributed by atoms with E-state index in [2.05, 4.69) is 0 Å². The molecule has 0 aromatic heterocycles. The van der Waals surface area contributed by atoms with Gasteiger partial charge in [0.05, 0.1) is 23.4 Å². The van der Waals surface area contributed by atoms with Gasteiger partial charge in [0, 0.05) is 5.56 Å². The Bertz CT molecular complexity index is 1440. The van der Waals surface area contributed by atoms with Crippen LogP contribution in [0.3, 0.4) is 0 Å². The maximum atomic E-state index is 13.8. The van der Waals surface area contributed by atoms with E-state index < -0.39 is 12.6 Å². The molecule has 0 bridgehead atoms. The maximum absolute atomic E-state index is 13.8. The Morgan fingerprint density at radius 3 is 2.43 bits per heavy atom. The average Bonchev–Trinajstić information content (AvgIpc) is 3.16. The lowest BCUT2D eigenvalue weighted by Crippen LogP contribution is -2.29. The normalized spacial score (nSPS) is 15.5. The van der Waals surface area contributed by atoms with Gasteiger partial charge in [0.15, 0.2) is 23.3 Å². The zero-order valence-electron chi connectivity index (χ0n) is 21.4. The lowest BCUT2D eigenvalue weighted by molar-refractivity contribution is -0.139. The topological polar surface area (TPSA) is 88.4 Å². The number of amides is 1. The number of para-hydroxylation sites is 1. The highest BCUT2D eigenvalue weighted by molar-refractivity contribution is 8.19. The zero-order valence-corrected chi connectivity index (χ0v) is 22.2. The van der Waals surface area contributed by atoms with Gasteiger partial charge in [-0.05, 0) is 86.0 Å². The number of hydrogen-bond acceptors (Lipinski definition) is 6. The number of ether oxygens (including phenoxy) is 2. The molecule has 1 saturated heterocycles. The van der Waals surface area contributed by atoms with Gasteiger partial charge in [0.2, 0.25) is 0 Å². The lowest BCUT2D eigenvalue weighted by atomic mass is 10.1. The molecule has 0 atom stereocenters.